The third-order valence-corrected chi connectivity index (χ3v) is 2.66. The van der Waals surface area contributed by atoms with E-state index in [4.69, 9.17) is 4.74 Å². The fourth-order valence-corrected chi connectivity index (χ4v) is 1.64. The molecule has 1 aromatic carbocycles. The van der Waals surface area contributed by atoms with Crippen molar-refractivity contribution in [2.24, 2.45) is 0 Å². The maximum atomic E-state index is 11.9. The molecule has 0 aliphatic rings. The average molecular weight is 261 g/mol. The van der Waals surface area contributed by atoms with E-state index < -0.39 is 0 Å². The van der Waals surface area contributed by atoms with Gasteiger partial charge in [0.25, 0.3) is 5.91 Å². The van der Waals surface area contributed by atoms with Crippen LogP contribution >= 0.6 is 0 Å². The van der Waals surface area contributed by atoms with Crippen LogP contribution in [0.1, 0.15) is 10.4 Å². The van der Waals surface area contributed by atoms with Crippen molar-refractivity contribution in [1.82, 2.24) is 14.9 Å². The SMILES string of the molecule is COc1cc(C(=O)NCCn2ccnc2)ccc1O. The van der Waals surface area contributed by atoms with Gasteiger partial charge in [-0.3, -0.25) is 4.79 Å². The van der Waals surface area contributed by atoms with Gasteiger partial charge in [-0.15, -0.1) is 0 Å². The molecule has 1 heterocycles. The molecular formula is C13H15N3O3. The van der Waals surface area contributed by atoms with E-state index in [-0.39, 0.29) is 17.4 Å². The summed E-state index contributed by atoms with van der Waals surface area (Å²) in [7, 11) is 1.44. The molecule has 2 rings (SSSR count). The quantitative estimate of drug-likeness (QED) is 0.842. The first kappa shape index (κ1) is 12.9. The average Bonchev–Trinajstić information content (AvgIpc) is 2.92. The molecule has 100 valence electrons. The Labute approximate surface area is 110 Å². The zero-order chi connectivity index (χ0) is 13.7. The number of ether oxygens (including phenoxy) is 1. The number of benzene rings is 1. The van der Waals surface area contributed by atoms with Crippen molar-refractivity contribution in [2.45, 2.75) is 6.54 Å². The van der Waals surface area contributed by atoms with Crippen molar-refractivity contribution in [3.05, 3.63) is 42.5 Å². The minimum Gasteiger partial charge on any atom is -0.504 e. The summed E-state index contributed by atoms with van der Waals surface area (Å²) in [6, 6.07) is 4.48. The fraction of sp³-hybridized carbons (Fsp3) is 0.231. The Morgan fingerprint density at radius 2 is 2.37 bits per heavy atom. The summed E-state index contributed by atoms with van der Waals surface area (Å²) >= 11 is 0. The molecule has 19 heavy (non-hydrogen) atoms. The number of hydrogen-bond acceptors (Lipinski definition) is 4. The summed E-state index contributed by atoms with van der Waals surface area (Å²) in [4.78, 5) is 15.8. The van der Waals surface area contributed by atoms with Crippen LogP contribution in [0.25, 0.3) is 0 Å². The number of nitrogens with zero attached hydrogens (tertiary/aromatic N) is 2. The minimum absolute atomic E-state index is 0.0115. The van der Waals surface area contributed by atoms with Crippen LogP contribution in [-0.4, -0.2) is 34.2 Å². The maximum Gasteiger partial charge on any atom is 0.251 e. The lowest BCUT2D eigenvalue weighted by Crippen LogP contribution is -2.26. The highest BCUT2D eigenvalue weighted by Gasteiger charge is 2.09. The molecule has 6 nitrogen and oxygen atoms in total. The summed E-state index contributed by atoms with van der Waals surface area (Å²) in [6.07, 6.45) is 5.21. The first-order valence-corrected chi connectivity index (χ1v) is 5.81. The predicted octanol–water partition coefficient (Wildman–Crippen LogP) is 1.03. The number of aromatic nitrogens is 2. The molecule has 0 aliphatic carbocycles. The second kappa shape index (κ2) is 5.90. The standard InChI is InChI=1S/C13H15N3O3/c1-19-12-8-10(2-3-11(12)17)13(18)15-5-7-16-6-4-14-9-16/h2-4,6,8-9,17H,5,7H2,1H3,(H,15,18). The maximum absolute atomic E-state index is 11.9. The van der Waals surface area contributed by atoms with Gasteiger partial charge in [0, 0.05) is 31.0 Å². The second-order valence-corrected chi connectivity index (χ2v) is 3.94. The fourth-order valence-electron chi connectivity index (χ4n) is 1.64. The van der Waals surface area contributed by atoms with E-state index in [9.17, 15) is 9.90 Å². The highest BCUT2D eigenvalue weighted by atomic mass is 16.5. The summed E-state index contributed by atoms with van der Waals surface area (Å²) in [5.74, 6) is 0.0816. The molecule has 0 spiro atoms. The molecule has 0 atom stereocenters. The lowest BCUT2D eigenvalue weighted by Gasteiger charge is -2.08. The van der Waals surface area contributed by atoms with Crippen molar-refractivity contribution < 1.29 is 14.6 Å². The number of amides is 1. The van der Waals surface area contributed by atoms with E-state index in [0.717, 1.165) is 0 Å². The van der Waals surface area contributed by atoms with Crippen molar-refractivity contribution in [1.29, 1.82) is 0 Å². The Morgan fingerprint density at radius 3 is 3.05 bits per heavy atom. The topological polar surface area (TPSA) is 76.4 Å². The highest BCUT2D eigenvalue weighted by Crippen LogP contribution is 2.26. The zero-order valence-corrected chi connectivity index (χ0v) is 10.5. The van der Waals surface area contributed by atoms with Crippen molar-refractivity contribution in [3.63, 3.8) is 0 Å². The number of aromatic hydroxyl groups is 1. The largest absolute Gasteiger partial charge is 0.504 e. The Balaban J connectivity index is 1.92. The summed E-state index contributed by atoms with van der Waals surface area (Å²) in [6.45, 7) is 1.15. The molecule has 1 amide bonds. The molecule has 2 aromatic rings. The van der Waals surface area contributed by atoms with Crippen LogP contribution in [-0.2, 0) is 6.54 Å². The number of phenols is 1. The monoisotopic (exact) mass is 261 g/mol. The molecule has 0 radical (unpaired) electrons. The van der Waals surface area contributed by atoms with Gasteiger partial charge in [0.1, 0.15) is 0 Å². The predicted molar refractivity (Wildman–Crippen MR) is 69.2 cm³/mol. The van der Waals surface area contributed by atoms with Crippen molar-refractivity contribution in [2.75, 3.05) is 13.7 Å². The van der Waals surface area contributed by atoms with Crippen LogP contribution in [0.3, 0.4) is 0 Å². The molecule has 6 heteroatoms. The van der Waals surface area contributed by atoms with Crippen LogP contribution < -0.4 is 10.1 Å². The van der Waals surface area contributed by atoms with Gasteiger partial charge in [-0.05, 0) is 18.2 Å². The normalized spacial score (nSPS) is 10.2. The van der Waals surface area contributed by atoms with E-state index >= 15 is 0 Å². The highest BCUT2D eigenvalue weighted by molar-refractivity contribution is 5.94. The van der Waals surface area contributed by atoms with Gasteiger partial charge in [-0.1, -0.05) is 0 Å². The molecule has 0 aliphatic heterocycles. The van der Waals surface area contributed by atoms with Gasteiger partial charge in [0.05, 0.1) is 13.4 Å². The lowest BCUT2D eigenvalue weighted by molar-refractivity contribution is 0.0952. The number of hydrogen-bond donors (Lipinski definition) is 2. The Hall–Kier alpha value is -2.50. The Bertz CT molecular complexity index is 552. The number of rotatable bonds is 5. The van der Waals surface area contributed by atoms with E-state index in [1.807, 2.05) is 10.8 Å². The Kier molecular flexibility index (Phi) is 4.02. The Morgan fingerprint density at radius 1 is 1.53 bits per heavy atom. The first-order chi connectivity index (χ1) is 9.20. The molecule has 2 N–H and O–H groups in total. The van der Waals surface area contributed by atoms with E-state index in [1.54, 1.807) is 18.6 Å². The molecular weight excluding hydrogens is 246 g/mol. The minimum atomic E-state index is -0.210. The third kappa shape index (κ3) is 3.25. The van der Waals surface area contributed by atoms with Crippen molar-refractivity contribution >= 4 is 5.91 Å². The third-order valence-electron chi connectivity index (χ3n) is 2.66. The summed E-state index contributed by atoms with van der Waals surface area (Å²) in [5.41, 5.74) is 0.445. The number of carbonyl (C=O) groups is 1. The smallest absolute Gasteiger partial charge is 0.251 e. The summed E-state index contributed by atoms with van der Waals surface area (Å²) in [5, 5.41) is 12.2. The van der Waals surface area contributed by atoms with Crippen LogP contribution in [0.2, 0.25) is 0 Å². The van der Waals surface area contributed by atoms with E-state index in [1.165, 1.54) is 19.2 Å². The van der Waals surface area contributed by atoms with Gasteiger partial charge in [-0.25, -0.2) is 4.98 Å². The number of phenolic OH excluding ortho intramolecular Hbond substituents is 1. The number of methoxy groups -OCH3 is 1. The van der Waals surface area contributed by atoms with Gasteiger partial charge >= 0.3 is 0 Å². The number of carbonyl (C=O) groups excluding carboxylic acids is 1. The molecule has 0 fully saturated rings. The lowest BCUT2D eigenvalue weighted by atomic mass is 10.2. The molecule has 0 saturated carbocycles. The summed E-state index contributed by atoms with van der Waals surface area (Å²) < 4.78 is 6.83. The van der Waals surface area contributed by atoms with Gasteiger partial charge in [0.2, 0.25) is 0 Å². The van der Waals surface area contributed by atoms with E-state index in [0.29, 0.717) is 18.7 Å². The first-order valence-electron chi connectivity index (χ1n) is 5.81. The number of nitrogens with one attached hydrogen (secondary N) is 1. The van der Waals surface area contributed by atoms with Crippen molar-refractivity contribution in [3.8, 4) is 11.5 Å². The molecule has 0 bridgehead atoms. The van der Waals surface area contributed by atoms with Gasteiger partial charge in [0.15, 0.2) is 11.5 Å². The molecule has 1 aromatic heterocycles. The molecule has 0 saturated heterocycles. The van der Waals surface area contributed by atoms with Gasteiger partial charge in [-0.2, -0.15) is 0 Å². The second-order valence-electron chi connectivity index (χ2n) is 3.94. The van der Waals surface area contributed by atoms with Crippen LogP contribution in [0.4, 0.5) is 0 Å². The van der Waals surface area contributed by atoms with Crippen LogP contribution in [0, 0.1) is 0 Å². The zero-order valence-electron chi connectivity index (χ0n) is 10.5. The van der Waals surface area contributed by atoms with Crippen LogP contribution in [0.5, 0.6) is 11.5 Å². The van der Waals surface area contributed by atoms with E-state index in [2.05, 4.69) is 10.3 Å². The van der Waals surface area contributed by atoms with Crippen LogP contribution in [0.15, 0.2) is 36.9 Å². The number of imidazole rings is 1. The molecule has 0 unspecified atom stereocenters. The van der Waals surface area contributed by atoms with Gasteiger partial charge < -0.3 is 19.7 Å².